The third kappa shape index (κ3) is 8.31. The van der Waals surface area contributed by atoms with Gasteiger partial charge in [-0.1, -0.05) is 18.2 Å². The summed E-state index contributed by atoms with van der Waals surface area (Å²) in [5.41, 5.74) is 0. The van der Waals surface area contributed by atoms with Gasteiger partial charge in [-0.3, -0.25) is 9.79 Å². The van der Waals surface area contributed by atoms with Crippen molar-refractivity contribution in [3.8, 4) is 0 Å². The van der Waals surface area contributed by atoms with Crippen LogP contribution in [0.1, 0.15) is 20.3 Å². The average Bonchev–Trinajstić information content (AvgIpc) is 3.05. The topological polar surface area (TPSA) is 56.7 Å². The van der Waals surface area contributed by atoms with E-state index in [0.29, 0.717) is 19.0 Å². The van der Waals surface area contributed by atoms with Crippen LogP contribution in [0.25, 0.3) is 0 Å². The van der Waals surface area contributed by atoms with Gasteiger partial charge in [0.05, 0.1) is 6.54 Å². The van der Waals surface area contributed by atoms with Crippen molar-refractivity contribution in [1.82, 2.24) is 15.5 Å². The Morgan fingerprint density at radius 2 is 2.08 bits per heavy atom. The first-order valence-electron chi connectivity index (χ1n) is 8.64. The fourth-order valence-electron chi connectivity index (χ4n) is 2.71. The Bertz CT molecular complexity index is 541. The Labute approximate surface area is 172 Å². The number of hydrogen-bond donors (Lipinski definition) is 2. The predicted molar refractivity (Wildman–Crippen MR) is 117 cm³/mol. The molecule has 0 radical (unpaired) electrons. The van der Waals surface area contributed by atoms with E-state index in [-0.39, 0.29) is 29.9 Å². The molecule has 1 fully saturated rings. The monoisotopic (exact) mass is 476 g/mol. The Morgan fingerprint density at radius 1 is 1.32 bits per heavy atom. The molecule has 1 heterocycles. The molecular formula is C18H29IN4OS. The van der Waals surface area contributed by atoms with Crippen molar-refractivity contribution in [1.29, 1.82) is 0 Å². The van der Waals surface area contributed by atoms with Crippen LogP contribution >= 0.6 is 35.7 Å². The number of carbonyl (C=O) groups is 1. The molecule has 1 aromatic carbocycles. The van der Waals surface area contributed by atoms with Crippen LogP contribution in [0.3, 0.4) is 0 Å². The van der Waals surface area contributed by atoms with E-state index in [1.54, 1.807) is 0 Å². The number of carbonyl (C=O) groups excluding carboxylic acids is 1. The zero-order valence-electron chi connectivity index (χ0n) is 15.0. The molecule has 0 bridgehead atoms. The van der Waals surface area contributed by atoms with Gasteiger partial charge in [0.25, 0.3) is 0 Å². The Kier molecular flexibility index (Phi) is 11.0. The second kappa shape index (κ2) is 12.4. The van der Waals surface area contributed by atoms with E-state index in [1.165, 1.54) is 18.2 Å². The minimum Gasteiger partial charge on any atom is -0.357 e. The number of amides is 1. The maximum atomic E-state index is 10.9. The first-order valence-corrected chi connectivity index (χ1v) is 9.63. The van der Waals surface area contributed by atoms with Crippen LogP contribution in [0.2, 0.25) is 0 Å². The maximum absolute atomic E-state index is 10.9. The molecule has 1 unspecified atom stereocenters. The molecular weight excluding hydrogens is 447 g/mol. The average molecular weight is 476 g/mol. The number of rotatable bonds is 7. The maximum Gasteiger partial charge on any atom is 0.216 e. The lowest BCUT2D eigenvalue weighted by molar-refractivity contribution is -0.118. The fourth-order valence-corrected chi connectivity index (χ4v) is 3.76. The van der Waals surface area contributed by atoms with E-state index in [9.17, 15) is 4.79 Å². The lowest BCUT2D eigenvalue weighted by Crippen LogP contribution is -2.40. The van der Waals surface area contributed by atoms with Crippen molar-refractivity contribution in [2.24, 2.45) is 10.9 Å². The normalized spacial score (nSPS) is 17.1. The number of benzene rings is 1. The molecule has 0 saturated carbocycles. The van der Waals surface area contributed by atoms with Crippen LogP contribution in [-0.4, -0.2) is 55.2 Å². The van der Waals surface area contributed by atoms with Crippen molar-refractivity contribution in [3.05, 3.63) is 30.3 Å². The highest BCUT2D eigenvalue weighted by atomic mass is 127. The van der Waals surface area contributed by atoms with Crippen LogP contribution < -0.4 is 10.6 Å². The highest BCUT2D eigenvalue weighted by Gasteiger charge is 2.24. The van der Waals surface area contributed by atoms with E-state index in [0.717, 1.165) is 31.3 Å². The number of hydrogen-bond acceptors (Lipinski definition) is 3. The minimum atomic E-state index is -0.00521. The summed E-state index contributed by atoms with van der Waals surface area (Å²) < 4.78 is 0. The highest BCUT2D eigenvalue weighted by Crippen LogP contribution is 2.25. The van der Waals surface area contributed by atoms with Crippen molar-refractivity contribution in [2.75, 3.05) is 38.5 Å². The molecule has 1 amide bonds. The molecule has 1 saturated heterocycles. The third-order valence-corrected chi connectivity index (χ3v) is 5.14. The largest absolute Gasteiger partial charge is 0.357 e. The van der Waals surface area contributed by atoms with Crippen molar-refractivity contribution in [3.63, 3.8) is 0 Å². The summed E-state index contributed by atoms with van der Waals surface area (Å²) in [5, 5.41) is 6.15. The van der Waals surface area contributed by atoms with Gasteiger partial charge in [-0.05, 0) is 31.4 Å². The molecule has 1 atom stereocenters. The van der Waals surface area contributed by atoms with Crippen LogP contribution in [0.15, 0.2) is 40.2 Å². The Morgan fingerprint density at radius 3 is 2.76 bits per heavy atom. The molecule has 140 valence electrons. The smallest absolute Gasteiger partial charge is 0.216 e. The van der Waals surface area contributed by atoms with Crippen LogP contribution in [0.5, 0.6) is 0 Å². The summed E-state index contributed by atoms with van der Waals surface area (Å²) in [6, 6.07) is 10.6. The van der Waals surface area contributed by atoms with Gasteiger partial charge in [-0.15, -0.1) is 35.7 Å². The highest BCUT2D eigenvalue weighted by molar-refractivity contribution is 14.0. The molecule has 25 heavy (non-hydrogen) atoms. The molecule has 2 rings (SSSR count). The molecule has 5 nitrogen and oxygen atoms in total. The predicted octanol–water partition coefficient (Wildman–Crippen LogP) is 2.82. The molecule has 7 heteroatoms. The molecule has 0 aromatic heterocycles. The minimum absolute atomic E-state index is 0. The van der Waals surface area contributed by atoms with Crippen LogP contribution in [0.4, 0.5) is 0 Å². The Hall–Kier alpha value is -0.960. The number of thioether (sulfide) groups is 1. The number of nitrogens with zero attached hydrogens (tertiary/aromatic N) is 2. The van der Waals surface area contributed by atoms with Crippen LogP contribution in [-0.2, 0) is 4.79 Å². The van der Waals surface area contributed by atoms with Crippen molar-refractivity contribution in [2.45, 2.75) is 25.2 Å². The standard InChI is InChI=1S/C18H28N4OS.HI/c1-3-19-18(21-11-10-20-15(2)23)22-12-9-16(13-22)14-24-17-7-5-4-6-8-17;/h4-8,16H,3,9-14H2,1-2H3,(H,19,21)(H,20,23);1H. The van der Waals surface area contributed by atoms with Gasteiger partial charge in [0.2, 0.25) is 5.91 Å². The zero-order valence-corrected chi connectivity index (χ0v) is 18.2. The molecule has 2 N–H and O–H groups in total. The molecule has 1 aliphatic heterocycles. The van der Waals surface area contributed by atoms with E-state index in [4.69, 9.17) is 0 Å². The number of halogens is 1. The quantitative estimate of drug-likeness (QED) is 0.209. The van der Waals surface area contributed by atoms with E-state index < -0.39 is 0 Å². The number of nitrogens with one attached hydrogen (secondary N) is 2. The van der Waals surface area contributed by atoms with Crippen molar-refractivity contribution < 1.29 is 4.79 Å². The van der Waals surface area contributed by atoms with Gasteiger partial charge in [-0.25, -0.2) is 0 Å². The number of aliphatic imine (C=N–C) groups is 1. The lowest BCUT2D eigenvalue weighted by Gasteiger charge is -2.21. The van der Waals surface area contributed by atoms with Crippen molar-refractivity contribution >= 4 is 47.6 Å². The molecule has 1 aliphatic rings. The first kappa shape index (κ1) is 22.1. The molecule has 1 aromatic rings. The van der Waals surface area contributed by atoms with Gasteiger partial charge in [0.15, 0.2) is 5.96 Å². The second-order valence-electron chi connectivity index (χ2n) is 5.94. The zero-order chi connectivity index (χ0) is 17.2. The SMILES string of the molecule is CCNC(=NCCNC(C)=O)N1CCC(CSc2ccccc2)C1.I. The van der Waals surface area contributed by atoms with Gasteiger partial charge in [0.1, 0.15) is 0 Å². The number of likely N-dealkylation sites (tertiary alicyclic amines) is 1. The fraction of sp³-hybridized carbons (Fsp3) is 0.556. The summed E-state index contributed by atoms with van der Waals surface area (Å²) >= 11 is 1.94. The van der Waals surface area contributed by atoms with Gasteiger partial charge in [-0.2, -0.15) is 0 Å². The van der Waals surface area contributed by atoms with E-state index in [2.05, 4.69) is 57.8 Å². The first-order chi connectivity index (χ1) is 11.7. The summed E-state index contributed by atoms with van der Waals surface area (Å²) in [6.45, 7) is 7.77. The van der Waals surface area contributed by atoms with Gasteiger partial charge >= 0.3 is 0 Å². The number of guanidine groups is 1. The summed E-state index contributed by atoms with van der Waals surface area (Å²) in [7, 11) is 0. The summed E-state index contributed by atoms with van der Waals surface area (Å²) in [4.78, 5) is 19.2. The lowest BCUT2D eigenvalue weighted by atomic mass is 10.2. The Balaban J connectivity index is 0.00000312. The summed E-state index contributed by atoms with van der Waals surface area (Å²) in [6.07, 6.45) is 1.20. The van der Waals surface area contributed by atoms with E-state index in [1.807, 2.05) is 11.8 Å². The van der Waals surface area contributed by atoms with Gasteiger partial charge in [0, 0.05) is 43.8 Å². The van der Waals surface area contributed by atoms with Gasteiger partial charge < -0.3 is 15.5 Å². The molecule has 0 aliphatic carbocycles. The van der Waals surface area contributed by atoms with E-state index >= 15 is 0 Å². The third-order valence-electron chi connectivity index (χ3n) is 3.90. The second-order valence-corrected chi connectivity index (χ2v) is 7.04. The summed E-state index contributed by atoms with van der Waals surface area (Å²) in [5.74, 6) is 2.80. The van der Waals surface area contributed by atoms with Crippen LogP contribution in [0, 0.1) is 5.92 Å². The molecule has 0 spiro atoms.